The molecule has 1 aliphatic carbocycles. The van der Waals surface area contributed by atoms with E-state index in [1.165, 1.54) is 31.0 Å². The average Bonchev–Trinajstić information content (AvgIpc) is 3.56. The number of hydrazone groups is 1. The molecule has 2 aromatic carbocycles. The molecule has 5 rings (SSSR count). The van der Waals surface area contributed by atoms with Crippen LogP contribution in [0.1, 0.15) is 53.2 Å². The third-order valence-corrected chi connectivity index (χ3v) is 7.17. The van der Waals surface area contributed by atoms with Crippen LogP contribution in [-0.2, 0) is 6.54 Å². The predicted molar refractivity (Wildman–Crippen MR) is 142 cm³/mol. The van der Waals surface area contributed by atoms with Gasteiger partial charge in [-0.1, -0.05) is 36.8 Å². The Morgan fingerprint density at radius 3 is 2.61 bits per heavy atom. The monoisotopic (exact) mass is 484 g/mol. The van der Waals surface area contributed by atoms with Crippen LogP contribution in [-0.4, -0.2) is 57.8 Å². The molecule has 0 radical (unpaired) electrons. The molecule has 2 fully saturated rings. The summed E-state index contributed by atoms with van der Waals surface area (Å²) >= 11 is 0. The molecule has 1 aromatic heterocycles. The average molecular weight is 485 g/mol. The van der Waals surface area contributed by atoms with E-state index < -0.39 is 5.97 Å². The summed E-state index contributed by atoms with van der Waals surface area (Å²) in [5, 5.41) is 18.2. The van der Waals surface area contributed by atoms with Crippen molar-refractivity contribution in [3.05, 3.63) is 71.5 Å². The van der Waals surface area contributed by atoms with Gasteiger partial charge in [0.15, 0.2) is 0 Å². The molecular weight excluding hydrogens is 452 g/mol. The lowest BCUT2D eigenvalue weighted by molar-refractivity contribution is 0.0695. The van der Waals surface area contributed by atoms with Crippen molar-refractivity contribution in [3.63, 3.8) is 0 Å². The molecule has 3 aromatic rings. The Morgan fingerprint density at radius 1 is 1.14 bits per heavy atom. The van der Waals surface area contributed by atoms with Crippen molar-refractivity contribution in [1.82, 2.24) is 14.7 Å². The minimum atomic E-state index is -0.987. The molecule has 8 nitrogen and oxygen atoms in total. The topological polar surface area (TPSA) is 109 Å². The van der Waals surface area contributed by atoms with Crippen molar-refractivity contribution in [2.24, 2.45) is 21.9 Å². The summed E-state index contributed by atoms with van der Waals surface area (Å²) in [6, 6.07) is 16.8. The summed E-state index contributed by atoms with van der Waals surface area (Å²) in [6.45, 7) is 3.29. The molecular formula is C28H32N6O2. The van der Waals surface area contributed by atoms with Crippen molar-refractivity contribution in [1.29, 1.82) is 0 Å². The van der Waals surface area contributed by atoms with Gasteiger partial charge < -0.3 is 10.9 Å². The zero-order chi connectivity index (χ0) is 25.1. The minimum Gasteiger partial charge on any atom is -0.478 e. The molecule has 0 unspecified atom stereocenters. The minimum absolute atomic E-state index is 0.0295. The van der Waals surface area contributed by atoms with Gasteiger partial charge in [0.05, 0.1) is 23.3 Å². The lowest BCUT2D eigenvalue weighted by Gasteiger charge is -2.26. The molecule has 36 heavy (non-hydrogen) atoms. The smallest absolute Gasteiger partial charge is 0.339 e. The first-order valence-electron chi connectivity index (χ1n) is 12.5. The van der Waals surface area contributed by atoms with Crippen LogP contribution in [0.5, 0.6) is 0 Å². The number of carboxylic acids is 1. The maximum atomic E-state index is 12.0. The van der Waals surface area contributed by atoms with Crippen LogP contribution in [0.15, 0.2) is 64.8 Å². The highest BCUT2D eigenvalue weighted by molar-refractivity contribution is 6.32. The maximum Gasteiger partial charge on any atom is 0.339 e. The van der Waals surface area contributed by atoms with Gasteiger partial charge in [-0.2, -0.15) is 10.2 Å². The summed E-state index contributed by atoms with van der Waals surface area (Å²) < 4.78 is 1.76. The highest BCUT2D eigenvalue weighted by Gasteiger charge is 2.46. The third-order valence-electron chi connectivity index (χ3n) is 7.17. The van der Waals surface area contributed by atoms with Crippen LogP contribution in [0.2, 0.25) is 0 Å². The summed E-state index contributed by atoms with van der Waals surface area (Å²) in [5.74, 6) is 4.58. The first-order chi connectivity index (χ1) is 17.6. The quantitative estimate of drug-likeness (QED) is 0.281. The van der Waals surface area contributed by atoms with Gasteiger partial charge in [0.2, 0.25) is 0 Å². The third kappa shape index (κ3) is 4.95. The Labute approximate surface area is 211 Å². The second kappa shape index (κ2) is 10.5. The molecule has 1 saturated carbocycles. The van der Waals surface area contributed by atoms with Gasteiger partial charge in [-0.05, 0) is 67.2 Å². The summed E-state index contributed by atoms with van der Waals surface area (Å²) in [6.07, 6.45) is 7.72. The number of nitrogens with two attached hydrogens (primary N) is 1. The van der Waals surface area contributed by atoms with Crippen molar-refractivity contribution >= 4 is 17.9 Å². The maximum absolute atomic E-state index is 12.0. The first kappa shape index (κ1) is 23.9. The highest BCUT2D eigenvalue weighted by atomic mass is 16.4. The summed E-state index contributed by atoms with van der Waals surface area (Å²) in [5.41, 5.74) is 5.90. The fraction of sp³-hybridized carbons (Fsp3) is 0.357. The number of piperidine rings is 1. The number of benzene rings is 2. The number of likely N-dealkylation sites (tertiary alicyclic amines) is 1. The zero-order valence-corrected chi connectivity index (χ0v) is 20.5. The van der Waals surface area contributed by atoms with Gasteiger partial charge in [-0.3, -0.25) is 9.89 Å². The van der Waals surface area contributed by atoms with E-state index in [4.69, 9.17) is 5.84 Å². The van der Waals surface area contributed by atoms with E-state index in [1.807, 2.05) is 12.1 Å². The Bertz CT molecular complexity index is 1300. The Balaban J connectivity index is 1.45. The first-order valence-corrected chi connectivity index (χ1v) is 12.5. The molecule has 2 heterocycles. The summed E-state index contributed by atoms with van der Waals surface area (Å²) in [7, 11) is 1.67. The largest absolute Gasteiger partial charge is 0.478 e. The van der Waals surface area contributed by atoms with E-state index in [0.717, 1.165) is 42.9 Å². The van der Waals surface area contributed by atoms with E-state index in [9.17, 15) is 9.90 Å². The van der Waals surface area contributed by atoms with E-state index in [2.05, 4.69) is 56.5 Å². The standard InChI is InChI=1S/C28H32N6O2/c1-30-17-26(32-29)23-15-24(23)27-25(28(35)36)16-31-34(27)22-10-6-9-21(14-22)20-8-5-7-19(13-20)18-33-11-3-2-4-12-33/h5-10,13-14,16-17,23-24H,2-4,11-12,15,18,29H2,1H3,(H,35,36)/t23-,24-/m1/s1. The molecule has 2 aliphatic rings. The fourth-order valence-electron chi connectivity index (χ4n) is 5.31. The van der Waals surface area contributed by atoms with Crippen molar-refractivity contribution in [3.8, 4) is 16.8 Å². The highest BCUT2D eigenvalue weighted by Crippen LogP contribution is 2.49. The number of carbonyl (C=O) groups is 1. The van der Waals surface area contributed by atoms with Crippen LogP contribution >= 0.6 is 0 Å². The Hall–Kier alpha value is -3.78. The molecule has 1 saturated heterocycles. The molecule has 0 spiro atoms. The number of aromatic carboxylic acids is 1. The van der Waals surface area contributed by atoms with Gasteiger partial charge in [0, 0.05) is 31.6 Å². The number of nitrogens with zero attached hydrogens (tertiary/aromatic N) is 5. The van der Waals surface area contributed by atoms with Gasteiger partial charge in [0.25, 0.3) is 0 Å². The van der Waals surface area contributed by atoms with Gasteiger partial charge in [-0.15, -0.1) is 0 Å². The number of aromatic nitrogens is 2. The van der Waals surface area contributed by atoms with Crippen LogP contribution < -0.4 is 5.84 Å². The molecule has 8 heteroatoms. The van der Waals surface area contributed by atoms with Crippen molar-refractivity contribution < 1.29 is 9.90 Å². The molecule has 1 aliphatic heterocycles. The van der Waals surface area contributed by atoms with Crippen molar-refractivity contribution in [2.75, 3.05) is 20.1 Å². The second-order valence-corrected chi connectivity index (χ2v) is 9.64. The summed E-state index contributed by atoms with van der Waals surface area (Å²) in [4.78, 5) is 18.6. The van der Waals surface area contributed by atoms with Gasteiger partial charge >= 0.3 is 5.97 Å². The van der Waals surface area contributed by atoms with Gasteiger partial charge in [0.1, 0.15) is 5.56 Å². The van der Waals surface area contributed by atoms with E-state index in [0.29, 0.717) is 11.4 Å². The number of rotatable bonds is 8. The number of carboxylic acid groups (broad SMARTS) is 1. The van der Waals surface area contributed by atoms with E-state index in [-0.39, 0.29) is 17.4 Å². The normalized spacial score (nSPS) is 20.6. The second-order valence-electron chi connectivity index (χ2n) is 9.64. The number of aliphatic imine (C=N–C) groups is 1. The van der Waals surface area contributed by atoms with Gasteiger partial charge in [-0.25, -0.2) is 9.48 Å². The Kier molecular flexibility index (Phi) is 6.95. The fourth-order valence-corrected chi connectivity index (χ4v) is 5.31. The molecule has 186 valence electrons. The SMILES string of the molecule is CN=CC(=NN)[C@@H]1C[C@H]1c1c(C(=O)O)cnn1-c1cccc(-c2cccc(CN3CCCCC3)c2)c1. The number of hydrogen-bond acceptors (Lipinski definition) is 6. The zero-order valence-electron chi connectivity index (χ0n) is 20.5. The molecule has 0 amide bonds. The molecule has 2 atom stereocenters. The van der Waals surface area contributed by atoms with Crippen LogP contribution in [0.3, 0.4) is 0 Å². The predicted octanol–water partition coefficient (Wildman–Crippen LogP) is 4.34. The lowest BCUT2D eigenvalue weighted by Crippen LogP contribution is -2.29. The lowest BCUT2D eigenvalue weighted by atomic mass is 10.0. The van der Waals surface area contributed by atoms with Crippen LogP contribution in [0.4, 0.5) is 0 Å². The Morgan fingerprint density at radius 2 is 1.89 bits per heavy atom. The molecule has 3 N–H and O–H groups in total. The van der Waals surface area contributed by atoms with Crippen LogP contribution in [0, 0.1) is 5.92 Å². The van der Waals surface area contributed by atoms with Crippen molar-refractivity contribution in [2.45, 2.75) is 38.1 Å². The number of hydrogen-bond donors (Lipinski definition) is 2. The molecule has 0 bridgehead atoms. The van der Waals surface area contributed by atoms with Crippen LogP contribution in [0.25, 0.3) is 16.8 Å². The van der Waals surface area contributed by atoms with E-state index in [1.54, 1.807) is 17.9 Å². The van der Waals surface area contributed by atoms with E-state index >= 15 is 0 Å².